The molecule has 1 heterocycles. The van der Waals surface area contributed by atoms with Gasteiger partial charge in [-0.3, -0.25) is 4.79 Å². The highest BCUT2D eigenvalue weighted by atomic mass is 16.3. The van der Waals surface area contributed by atoms with Crippen molar-refractivity contribution in [1.82, 2.24) is 4.90 Å². The number of hydrogen-bond donors (Lipinski definition) is 1. The number of rotatable bonds is 1. The van der Waals surface area contributed by atoms with Crippen molar-refractivity contribution in [2.24, 2.45) is 11.3 Å². The van der Waals surface area contributed by atoms with Gasteiger partial charge in [-0.25, -0.2) is 0 Å². The highest BCUT2D eigenvalue weighted by Crippen LogP contribution is 2.22. The van der Waals surface area contributed by atoms with Crippen molar-refractivity contribution in [1.29, 1.82) is 0 Å². The van der Waals surface area contributed by atoms with E-state index in [0.29, 0.717) is 0 Å². The Balaban J connectivity index is 2.56. The highest BCUT2D eigenvalue weighted by molar-refractivity contribution is 5.81. The summed E-state index contributed by atoms with van der Waals surface area (Å²) in [6.45, 7) is 7.61. The van der Waals surface area contributed by atoms with E-state index >= 15 is 0 Å². The monoisotopic (exact) mass is 199 g/mol. The quantitative estimate of drug-likeness (QED) is 0.690. The normalized spacial score (nSPS) is 23.7. The molecule has 0 aliphatic carbocycles. The van der Waals surface area contributed by atoms with Crippen LogP contribution in [0.25, 0.3) is 0 Å². The van der Waals surface area contributed by atoms with Crippen LogP contribution < -0.4 is 0 Å². The summed E-state index contributed by atoms with van der Waals surface area (Å²) < 4.78 is 0. The molecule has 3 nitrogen and oxygen atoms in total. The maximum atomic E-state index is 11.9. The third-order valence-corrected chi connectivity index (χ3v) is 2.71. The van der Waals surface area contributed by atoms with Crippen LogP contribution in [0.15, 0.2) is 0 Å². The van der Waals surface area contributed by atoms with E-state index in [4.69, 9.17) is 5.11 Å². The summed E-state index contributed by atoms with van der Waals surface area (Å²) in [5, 5.41) is 9.06. The van der Waals surface area contributed by atoms with Crippen LogP contribution in [0.4, 0.5) is 0 Å². The lowest BCUT2D eigenvalue weighted by Gasteiger charge is -2.35. The lowest BCUT2D eigenvalue weighted by Crippen LogP contribution is -2.45. The summed E-state index contributed by atoms with van der Waals surface area (Å²) in [7, 11) is 0. The topological polar surface area (TPSA) is 40.5 Å². The van der Waals surface area contributed by atoms with Gasteiger partial charge in [0.15, 0.2) is 0 Å². The summed E-state index contributed by atoms with van der Waals surface area (Å²) in [6.07, 6.45) is 2.07. The van der Waals surface area contributed by atoms with Crippen LogP contribution in [-0.2, 0) is 4.79 Å². The third-order valence-electron chi connectivity index (χ3n) is 2.71. The number of nitrogens with zero attached hydrogens (tertiary/aromatic N) is 1. The van der Waals surface area contributed by atoms with E-state index in [1.165, 1.54) is 0 Å². The molecule has 0 spiro atoms. The van der Waals surface area contributed by atoms with Crippen LogP contribution in [0.3, 0.4) is 0 Å². The Hall–Kier alpha value is -0.570. The van der Waals surface area contributed by atoms with E-state index < -0.39 is 0 Å². The van der Waals surface area contributed by atoms with Crippen LogP contribution in [-0.4, -0.2) is 35.6 Å². The Morgan fingerprint density at radius 3 is 2.64 bits per heavy atom. The van der Waals surface area contributed by atoms with E-state index in [0.717, 1.165) is 25.9 Å². The van der Waals surface area contributed by atoms with Crippen molar-refractivity contribution >= 4 is 5.91 Å². The Morgan fingerprint density at radius 2 is 2.14 bits per heavy atom. The first kappa shape index (κ1) is 11.5. The molecule has 82 valence electrons. The summed E-state index contributed by atoms with van der Waals surface area (Å²) in [5.41, 5.74) is -0.294. The number of likely N-dealkylation sites (tertiary alicyclic amines) is 1. The van der Waals surface area contributed by atoms with Gasteiger partial charge in [0, 0.05) is 25.1 Å². The van der Waals surface area contributed by atoms with Crippen molar-refractivity contribution in [2.45, 2.75) is 33.6 Å². The zero-order valence-corrected chi connectivity index (χ0v) is 9.42. The van der Waals surface area contributed by atoms with E-state index in [2.05, 4.69) is 0 Å². The molecule has 0 radical (unpaired) electrons. The number of aliphatic hydroxyl groups excluding tert-OH is 1. The number of carbonyl (C=O) groups excluding carboxylic acids is 1. The predicted octanol–water partition coefficient (Wildman–Crippen LogP) is 1.26. The van der Waals surface area contributed by atoms with E-state index in [1.54, 1.807) is 0 Å². The summed E-state index contributed by atoms with van der Waals surface area (Å²) in [6, 6.07) is 0. The second-order valence-electron chi connectivity index (χ2n) is 5.19. The Morgan fingerprint density at radius 1 is 1.50 bits per heavy atom. The van der Waals surface area contributed by atoms with Gasteiger partial charge in [0.25, 0.3) is 0 Å². The van der Waals surface area contributed by atoms with E-state index in [9.17, 15) is 4.79 Å². The van der Waals surface area contributed by atoms with Crippen molar-refractivity contribution in [3.63, 3.8) is 0 Å². The second-order valence-corrected chi connectivity index (χ2v) is 5.19. The first-order chi connectivity index (χ1) is 6.45. The van der Waals surface area contributed by atoms with Crippen LogP contribution in [0.2, 0.25) is 0 Å². The van der Waals surface area contributed by atoms with Gasteiger partial charge in [-0.15, -0.1) is 0 Å². The molecule has 1 saturated heterocycles. The molecule has 1 N–H and O–H groups in total. The standard InChI is InChI=1S/C11H21NO2/c1-11(2,3)10(14)12-6-4-5-9(7-12)8-13/h9,13H,4-8H2,1-3H3. The van der Waals surface area contributed by atoms with Crippen molar-refractivity contribution in [3.05, 3.63) is 0 Å². The van der Waals surface area contributed by atoms with Crippen LogP contribution in [0.1, 0.15) is 33.6 Å². The number of amides is 1. The maximum absolute atomic E-state index is 11.9. The van der Waals surface area contributed by atoms with Crippen LogP contribution in [0, 0.1) is 11.3 Å². The average Bonchev–Trinajstić information content (AvgIpc) is 2.15. The zero-order valence-electron chi connectivity index (χ0n) is 9.42. The average molecular weight is 199 g/mol. The Kier molecular flexibility index (Phi) is 3.53. The fourth-order valence-electron chi connectivity index (χ4n) is 1.87. The fraction of sp³-hybridized carbons (Fsp3) is 0.909. The molecule has 1 aliphatic heterocycles. The summed E-state index contributed by atoms with van der Waals surface area (Å²) in [4.78, 5) is 13.8. The van der Waals surface area contributed by atoms with Gasteiger partial charge in [0.05, 0.1) is 0 Å². The molecule has 0 aromatic heterocycles. The maximum Gasteiger partial charge on any atom is 0.227 e. The van der Waals surface area contributed by atoms with Gasteiger partial charge in [-0.2, -0.15) is 0 Å². The number of piperidine rings is 1. The lowest BCUT2D eigenvalue weighted by molar-refractivity contribution is -0.141. The van der Waals surface area contributed by atoms with Gasteiger partial charge < -0.3 is 10.0 Å². The molecule has 14 heavy (non-hydrogen) atoms. The van der Waals surface area contributed by atoms with Gasteiger partial charge in [-0.05, 0) is 18.8 Å². The molecule has 1 fully saturated rings. The fourth-order valence-corrected chi connectivity index (χ4v) is 1.87. The zero-order chi connectivity index (χ0) is 10.8. The largest absolute Gasteiger partial charge is 0.396 e. The molecule has 1 amide bonds. The van der Waals surface area contributed by atoms with Crippen LogP contribution in [0.5, 0.6) is 0 Å². The molecule has 0 aromatic carbocycles. The second kappa shape index (κ2) is 4.30. The minimum Gasteiger partial charge on any atom is -0.396 e. The van der Waals surface area contributed by atoms with Gasteiger partial charge in [-0.1, -0.05) is 20.8 Å². The van der Waals surface area contributed by atoms with E-state index in [-0.39, 0.29) is 23.8 Å². The molecule has 0 saturated carbocycles. The molecular weight excluding hydrogens is 178 g/mol. The molecule has 1 unspecified atom stereocenters. The lowest BCUT2D eigenvalue weighted by atomic mass is 9.91. The van der Waals surface area contributed by atoms with Crippen molar-refractivity contribution in [3.8, 4) is 0 Å². The molecule has 1 aliphatic rings. The van der Waals surface area contributed by atoms with Gasteiger partial charge in [0.1, 0.15) is 0 Å². The number of aliphatic hydroxyl groups is 1. The SMILES string of the molecule is CC(C)(C)C(=O)N1CCCC(CO)C1. The highest BCUT2D eigenvalue weighted by Gasteiger charge is 2.30. The first-order valence-corrected chi connectivity index (χ1v) is 5.35. The van der Waals surface area contributed by atoms with Crippen LogP contribution >= 0.6 is 0 Å². The number of hydrogen-bond acceptors (Lipinski definition) is 2. The van der Waals surface area contributed by atoms with Gasteiger partial charge >= 0.3 is 0 Å². The van der Waals surface area contributed by atoms with E-state index in [1.807, 2.05) is 25.7 Å². The van der Waals surface area contributed by atoms with Crippen molar-refractivity contribution < 1.29 is 9.90 Å². The predicted molar refractivity (Wildman–Crippen MR) is 55.8 cm³/mol. The summed E-state index contributed by atoms with van der Waals surface area (Å²) in [5.74, 6) is 0.491. The minimum absolute atomic E-state index is 0.202. The molecule has 3 heteroatoms. The molecule has 0 aromatic rings. The Bertz CT molecular complexity index is 208. The van der Waals surface area contributed by atoms with Crippen molar-refractivity contribution in [2.75, 3.05) is 19.7 Å². The molecular formula is C11H21NO2. The molecule has 0 bridgehead atoms. The third kappa shape index (κ3) is 2.71. The smallest absolute Gasteiger partial charge is 0.227 e. The molecule has 1 rings (SSSR count). The number of carbonyl (C=O) groups is 1. The Labute approximate surface area is 86.1 Å². The van der Waals surface area contributed by atoms with Gasteiger partial charge in [0.2, 0.25) is 5.91 Å². The minimum atomic E-state index is -0.294. The first-order valence-electron chi connectivity index (χ1n) is 5.35. The summed E-state index contributed by atoms with van der Waals surface area (Å²) >= 11 is 0. The molecule has 1 atom stereocenters.